The van der Waals surface area contributed by atoms with Gasteiger partial charge in [0.1, 0.15) is 5.82 Å². The second-order valence-corrected chi connectivity index (χ2v) is 20.0. The monoisotopic (exact) mass is 900 g/mol. The van der Waals surface area contributed by atoms with Gasteiger partial charge in [-0.2, -0.15) is 0 Å². The van der Waals surface area contributed by atoms with Crippen LogP contribution in [0.3, 0.4) is 0 Å². The Morgan fingerprint density at radius 1 is 0.984 bits per heavy atom. The average molecular weight is 902 g/mol. The van der Waals surface area contributed by atoms with Gasteiger partial charge in [0, 0.05) is 57.3 Å². The molecule has 1 aromatic heterocycles. The minimum atomic E-state index is -3.65. The Morgan fingerprint density at radius 2 is 1.61 bits per heavy atom. The van der Waals surface area contributed by atoms with E-state index in [0.29, 0.717) is 51.6 Å². The van der Waals surface area contributed by atoms with Crippen LogP contribution in [-0.4, -0.2) is 109 Å². The van der Waals surface area contributed by atoms with Crippen molar-refractivity contribution >= 4 is 45.5 Å². The number of carboxylic acids is 1. The molecule has 62 heavy (non-hydrogen) atoms. The van der Waals surface area contributed by atoms with Gasteiger partial charge in [-0.1, -0.05) is 43.7 Å². The number of carbonyl (C=O) groups excluding carboxylic acids is 1. The Bertz CT molecular complexity index is 2110. The smallest absolute Gasteiger partial charge is 0.305 e. The molecule has 14 nitrogen and oxygen atoms in total. The van der Waals surface area contributed by atoms with Gasteiger partial charge in [0.2, 0.25) is 16.0 Å². The van der Waals surface area contributed by atoms with Crippen LogP contribution in [0.4, 0.5) is 10.3 Å². The summed E-state index contributed by atoms with van der Waals surface area (Å²) in [7, 11) is -2.33. The van der Waals surface area contributed by atoms with Crippen molar-refractivity contribution in [3.8, 4) is 11.3 Å². The molecule has 0 aliphatic heterocycles. The molecule has 4 bridgehead atoms. The van der Waals surface area contributed by atoms with Gasteiger partial charge in [-0.05, 0) is 110 Å². The fourth-order valence-electron chi connectivity index (χ4n) is 9.38. The predicted molar refractivity (Wildman–Crippen MR) is 239 cm³/mol. The van der Waals surface area contributed by atoms with Crippen LogP contribution in [-0.2, 0) is 21.4 Å². The highest BCUT2D eigenvalue weighted by atomic mass is 35.5. The molecule has 17 heteroatoms. The quantitative estimate of drug-likeness (QED) is 0.0715. The first-order valence-corrected chi connectivity index (χ1v) is 23.6. The number of carbonyl (C=O) groups is 2. The molecule has 7 rings (SSSR count). The first kappa shape index (κ1) is 49.0. The zero-order chi connectivity index (χ0) is 45.2. The molecule has 4 fully saturated rings. The van der Waals surface area contributed by atoms with Crippen LogP contribution in [0.25, 0.3) is 17.3 Å². The van der Waals surface area contributed by atoms with Crippen LogP contribution in [0.5, 0.6) is 0 Å². The Hall–Kier alpha value is -4.03. The Labute approximate surface area is 369 Å². The number of sulfonamides is 1. The number of hydrogen-bond acceptors (Lipinski definition) is 11. The molecule has 0 saturated heterocycles. The lowest BCUT2D eigenvalue weighted by molar-refractivity contribution is -0.139. The van der Waals surface area contributed by atoms with Crippen LogP contribution >= 0.6 is 11.6 Å². The zero-order valence-electron chi connectivity index (χ0n) is 36.0. The average Bonchev–Trinajstić information content (AvgIpc) is 3.20. The first-order valence-electron chi connectivity index (χ1n) is 21.3. The molecule has 1 heterocycles. The summed E-state index contributed by atoms with van der Waals surface area (Å²) >= 11 is 6.35. The number of anilines is 1. The van der Waals surface area contributed by atoms with E-state index in [0.717, 1.165) is 53.5 Å². The number of aromatic nitrogens is 2. The number of aliphatic carboxylic acids is 1. The number of carboxylic acid groups (broad SMARTS) is 1. The van der Waals surface area contributed by atoms with Gasteiger partial charge in [-0.25, -0.2) is 27.1 Å². The molecule has 0 spiro atoms. The normalized spacial score (nSPS) is 21.4. The van der Waals surface area contributed by atoms with Crippen molar-refractivity contribution in [2.45, 2.75) is 89.9 Å². The molecule has 7 N–H and O–H groups in total. The number of benzene rings is 2. The zero-order valence-corrected chi connectivity index (χ0v) is 37.6. The molecule has 340 valence electrons. The first-order chi connectivity index (χ1) is 29.4. The third-order valence-electron chi connectivity index (χ3n) is 12.0. The van der Waals surface area contributed by atoms with Gasteiger partial charge in [0.15, 0.2) is 0 Å². The minimum absolute atomic E-state index is 0.0443. The Balaban J connectivity index is 0.000000236. The van der Waals surface area contributed by atoms with Crippen molar-refractivity contribution in [2.75, 3.05) is 50.4 Å². The van der Waals surface area contributed by atoms with E-state index in [1.165, 1.54) is 82.0 Å². The molecule has 0 unspecified atom stereocenters. The maximum absolute atomic E-state index is 13.5. The number of aliphatic hydroxyl groups excluding tert-OH is 3. The van der Waals surface area contributed by atoms with Gasteiger partial charge < -0.3 is 36.4 Å². The van der Waals surface area contributed by atoms with Crippen LogP contribution in [0.1, 0.15) is 98.3 Å². The van der Waals surface area contributed by atoms with Gasteiger partial charge in [-0.3, -0.25) is 9.59 Å². The molecular formula is C45H62ClFN6O8S. The number of nitrogens with zero attached hydrogens (tertiary/aromatic N) is 3. The van der Waals surface area contributed by atoms with E-state index in [-0.39, 0.29) is 30.8 Å². The summed E-state index contributed by atoms with van der Waals surface area (Å²) in [6.07, 6.45) is 9.00. The van der Waals surface area contributed by atoms with E-state index >= 15 is 0 Å². The van der Waals surface area contributed by atoms with E-state index in [9.17, 15) is 32.6 Å². The van der Waals surface area contributed by atoms with Crippen molar-refractivity contribution in [3.05, 3.63) is 81.8 Å². The van der Waals surface area contributed by atoms with Crippen molar-refractivity contribution in [3.63, 3.8) is 0 Å². The molecule has 4 aliphatic carbocycles. The van der Waals surface area contributed by atoms with Crippen molar-refractivity contribution in [1.82, 2.24) is 25.9 Å². The Morgan fingerprint density at radius 3 is 2.19 bits per heavy atom. The summed E-state index contributed by atoms with van der Waals surface area (Å²) in [6.45, 7) is 7.55. The van der Waals surface area contributed by atoms with E-state index in [4.69, 9.17) is 21.8 Å². The third-order valence-corrected chi connectivity index (χ3v) is 13.5. The number of aliphatic hydroxyl groups is 3. The van der Waals surface area contributed by atoms with Crippen LogP contribution in [0, 0.1) is 29.0 Å². The van der Waals surface area contributed by atoms with Crippen LogP contribution < -0.4 is 20.3 Å². The summed E-state index contributed by atoms with van der Waals surface area (Å²) in [5.41, 5.74) is 3.76. The highest BCUT2D eigenvalue weighted by Crippen LogP contribution is 2.59. The number of amides is 1. The standard InChI is InChI=1S/C23H34ClN3O2.C22H28FN3O6S/c24-21-2-1-16(14-26-4-3-25-5-6-28)10-20(21)22(29)27-15-23-11-17-7-18(12-23)9-19(8-17)13-23;1-13(2)20-18(10-9-16(27)11-17(28)12-19(29)30)21(14-5-7-15(23)8-6-14)25-22(24-20)26(3)33(4,31)32/h1-2,10,17-19,25-26,28H,3-9,11-15H2,(H,27,29);5-10,13,16-17,27-28H,11-12H2,1-4H3,(H,29,30)/b;10-9+/t;16-,17-/m.1/s1. The molecule has 2 atom stereocenters. The van der Waals surface area contributed by atoms with Crippen molar-refractivity contribution in [1.29, 1.82) is 0 Å². The summed E-state index contributed by atoms with van der Waals surface area (Å²) < 4.78 is 38.6. The van der Waals surface area contributed by atoms with Gasteiger partial charge in [0.25, 0.3) is 5.91 Å². The highest BCUT2D eigenvalue weighted by Gasteiger charge is 2.50. The predicted octanol–water partition coefficient (Wildman–Crippen LogP) is 5.36. The summed E-state index contributed by atoms with van der Waals surface area (Å²) in [4.78, 5) is 32.5. The molecule has 2 aromatic carbocycles. The number of nitrogens with one attached hydrogen (secondary N) is 3. The summed E-state index contributed by atoms with van der Waals surface area (Å²) in [5.74, 6) is 0.762. The lowest BCUT2D eigenvalue weighted by atomic mass is 9.49. The molecule has 4 aliphatic rings. The number of halogens is 2. The largest absolute Gasteiger partial charge is 0.481 e. The van der Waals surface area contributed by atoms with Crippen LogP contribution in [0.15, 0.2) is 48.5 Å². The lowest BCUT2D eigenvalue weighted by Crippen LogP contribution is -2.51. The molecule has 1 amide bonds. The Kier molecular flexibility index (Phi) is 17.4. The van der Waals surface area contributed by atoms with Gasteiger partial charge in [-0.15, -0.1) is 0 Å². The van der Waals surface area contributed by atoms with Crippen molar-refractivity contribution in [2.24, 2.45) is 23.2 Å². The second kappa shape index (κ2) is 22.0. The molecule has 3 aromatic rings. The minimum Gasteiger partial charge on any atom is -0.481 e. The molecule has 0 radical (unpaired) electrons. The number of rotatable bonds is 20. The fraction of sp³-hybridized carbons (Fsp3) is 0.556. The van der Waals surface area contributed by atoms with Gasteiger partial charge >= 0.3 is 5.97 Å². The summed E-state index contributed by atoms with van der Waals surface area (Å²) in [5, 5.41) is 47.8. The van der Waals surface area contributed by atoms with E-state index < -0.39 is 40.4 Å². The van der Waals surface area contributed by atoms with Gasteiger partial charge in [0.05, 0.1) is 53.5 Å². The van der Waals surface area contributed by atoms with E-state index in [2.05, 4.69) is 25.9 Å². The van der Waals surface area contributed by atoms with Crippen LogP contribution in [0.2, 0.25) is 5.02 Å². The number of hydrogen-bond donors (Lipinski definition) is 7. The third kappa shape index (κ3) is 13.7. The van der Waals surface area contributed by atoms with E-state index in [1.807, 2.05) is 32.0 Å². The highest BCUT2D eigenvalue weighted by molar-refractivity contribution is 7.92. The fourth-order valence-corrected chi connectivity index (χ4v) is 9.97. The van der Waals surface area contributed by atoms with E-state index in [1.54, 1.807) is 0 Å². The molecular weight excluding hydrogens is 839 g/mol. The summed E-state index contributed by atoms with van der Waals surface area (Å²) in [6, 6.07) is 11.2. The topological polar surface area (TPSA) is 214 Å². The maximum atomic E-state index is 13.5. The van der Waals surface area contributed by atoms with Crippen molar-refractivity contribution < 1.29 is 42.8 Å². The maximum Gasteiger partial charge on any atom is 0.305 e. The SMILES string of the molecule is CC(C)c1nc(N(C)S(C)(=O)=O)nc(-c2ccc(F)cc2)c1/C=C/[C@@H](O)C[C@@H](O)CC(=O)O.O=C(NCC12CC3CC(CC(C3)C1)C2)c1cc(CNCCNCCO)ccc1Cl. The second-order valence-electron chi connectivity index (χ2n) is 17.5. The molecule has 4 saturated carbocycles. The lowest BCUT2D eigenvalue weighted by Gasteiger charge is -2.56.